The number of nitrogens with two attached hydrogens (primary N) is 1. The molecule has 2 aromatic rings. The van der Waals surface area contributed by atoms with Gasteiger partial charge in [-0.15, -0.1) is 0 Å². The average Bonchev–Trinajstić information content (AvgIpc) is 2.63. The molecule has 0 fully saturated rings. The molecular formula is C21H27F2N3O2. The summed E-state index contributed by atoms with van der Waals surface area (Å²) in [5, 5.41) is 13.4. The second kappa shape index (κ2) is 9.61. The Morgan fingerprint density at radius 3 is 2.54 bits per heavy atom. The van der Waals surface area contributed by atoms with Crippen LogP contribution in [0.3, 0.4) is 0 Å². The third-order valence-corrected chi connectivity index (χ3v) is 4.07. The lowest BCUT2D eigenvalue weighted by Gasteiger charge is -2.19. The van der Waals surface area contributed by atoms with E-state index in [1.807, 2.05) is 6.08 Å². The molecule has 1 aromatic heterocycles. The number of pyridine rings is 1. The maximum atomic E-state index is 13.0. The van der Waals surface area contributed by atoms with Crippen LogP contribution in [0.2, 0.25) is 0 Å². The lowest BCUT2D eigenvalue weighted by Crippen LogP contribution is -2.18. The highest BCUT2D eigenvalue weighted by Gasteiger charge is 2.23. The van der Waals surface area contributed by atoms with E-state index in [2.05, 4.69) is 22.0 Å². The Morgan fingerprint density at radius 1 is 1.32 bits per heavy atom. The number of allylic oxidation sites excluding steroid dienone is 1. The largest absolute Gasteiger partial charge is 0.433 e. The minimum absolute atomic E-state index is 0.0643. The molecule has 0 amide bonds. The standard InChI is InChI=1S/C21H27F2N3O2/c1-4-5-6-15(13-24)19-18(14(2)27)11-12-25-20(19)26-16-7-9-17(10-8-16)28-21(3,22)23/h6-12,14,27H,4-5,13,24H2,1-3H3,(H,25,26)/b15-6-. The Hall–Kier alpha value is -2.51. The first-order valence-electron chi connectivity index (χ1n) is 9.25. The number of rotatable bonds is 9. The van der Waals surface area contributed by atoms with Gasteiger partial charge in [-0.2, -0.15) is 8.78 Å². The van der Waals surface area contributed by atoms with Crippen molar-refractivity contribution in [3.05, 3.63) is 53.7 Å². The summed E-state index contributed by atoms with van der Waals surface area (Å²) in [5.41, 5.74) is 8.98. The third-order valence-electron chi connectivity index (χ3n) is 4.07. The van der Waals surface area contributed by atoms with Gasteiger partial charge in [0.15, 0.2) is 0 Å². The molecule has 0 saturated heterocycles. The van der Waals surface area contributed by atoms with Crippen molar-refractivity contribution in [2.75, 3.05) is 11.9 Å². The highest BCUT2D eigenvalue weighted by Crippen LogP contribution is 2.32. The summed E-state index contributed by atoms with van der Waals surface area (Å²) >= 11 is 0. The summed E-state index contributed by atoms with van der Waals surface area (Å²) in [6.07, 6.45) is 1.55. The SMILES string of the molecule is CCC/C=C(/CN)c1c(C(C)O)ccnc1Nc1ccc(OC(C)(F)F)cc1. The Kier molecular flexibility index (Phi) is 7.48. The second-order valence-corrected chi connectivity index (χ2v) is 6.58. The molecule has 0 bridgehead atoms. The van der Waals surface area contributed by atoms with Gasteiger partial charge in [-0.25, -0.2) is 4.98 Å². The lowest BCUT2D eigenvalue weighted by molar-refractivity contribution is -0.158. The van der Waals surface area contributed by atoms with E-state index in [-0.39, 0.29) is 5.75 Å². The van der Waals surface area contributed by atoms with Crippen LogP contribution in [0, 0.1) is 0 Å². The fourth-order valence-electron chi connectivity index (χ4n) is 2.81. The van der Waals surface area contributed by atoms with Gasteiger partial charge >= 0.3 is 6.11 Å². The van der Waals surface area contributed by atoms with Gasteiger partial charge in [0.1, 0.15) is 11.6 Å². The Balaban J connectivity index is 2.38. The Bertz CT molecular complexity index is 800. The van der Waals surface area contributed by atoms with Crippen molar-refractivity contribution < 1.29 is 18.6 Å². The first-order chi connectivity index (χ1) is 13.2. The van der Waals surface area contributed by atoms with Crippen molar-refractivity contribution >= 4 is 17.1 Å². The molecule has 1 atom stereocenters. The molecule has 1 unspecified atom stereocenters. The molecule has 0 radical (unpaired) electrons. The van der Waals surface area contributed by atoms with E-state index in [0.717, 1.165) is 29.5 Å². The van der Waals surface area contributed by atoms with Gasteiger partial charge in [0.25, 0.3) is 0 Å². The number of nitrogens with one attached hydrogen (secondary N) is 1. The molecular weight excluding hydrogens is 364 g/mol. The predicted octanol–water partition coefficient (Wildman–Crippen LogP) is 5.01. The number of benzene rings is 1. The molecule has 5 nitrogen and oxygen atoms in total. The monoisotopic (exact) mass is 391 g/mol. The van der Waals surface area contributed by atoms with Crippen LogP contribution < -0.4 is 15.8 Å². The summed E-state index contributed by atoms with van der Waals surface area (Å²) in [6, 6.07) is 7.92. The number of anilines is 2. The molecule has 1 heterocycles. The summed E-state index contributed by atoms with van der Waals surface area (Å²) in [5.74, 6) is 0.607. The zero-order valence-corrected chi connectivity index (χ0v) is 16.4. The summed E-state index contributed by atoms with van der Waals surface area (Å²) < 4.78 is 30.5. The minimum atomic E-state index is -3.24. The number of aliphatic hydroxyl groups excluding tert-OH is 1. The maximum Gasteiger partial charge on any atom is 0.394 e. The van der Waals surface area contributed by atoms with Crippen LogP contribution in [0.1, 0.15) is 50.8 Å². The lowest BCUT2D eigenvalue weighted by atomic mass is 9.96. The average molecular weight is 391 g/mol. The van der Waals surface area contributed by atoms with Crippen LogP contribution in [0.25, 0.3) is 5.57 Å². The first-order valence-corrected chi connectivity index (χ1v) is 9.25. The van der Waals surface area contributed by atoms with E-state index in [1.165, 1.54) is 12.1 Å². The van der Waals surface area contributed by atoms with Gasteiger partial charge in [-0.1, -0.05) is 19.4 Å². The van der Waals surface area contributed by atoms with Crippen LogP contribution in [0.15, 0.2) is 42.6 Å². The van der Waals surface area contributed by atoms with Gasteiger partial charge in [0.05, 0.1) is 6.10 Å². The predicted molar refractivity (Wildman–Crippen MR) is 108 cm³/mol. The topological polar surface area (TPSA) is 80.4 Å². The van der Waals surface area contributed by atoms with Gasteiger partial charge < -0.3 is 20.9 Å². The van der Waals surface area contributed by atoms with Gasteiger partial charge in [0.2, 0.25) is 0 Å². The van der Waals surface area contributed by atoms with Crippen LogP contribution in [-0.2, 0) is 0 Å². The van der Waals surface area contributed by atoms with E-state index in [1.54, 1.807) is 31.3 Å². The van der Waals surface area contributed by atoms with Crippen LogP contribution in [0.5, 0.6) is 5.75 Å². The minimum Gasteiger partial charge on any atom is -0.433 e. The normalized spacial score (nSPS) is 13.3. The van der Waals surface area contributed by atoms with Crippen molar-refractivity contribution in [3.8, 4) is 5.75 Å². The molecule has 7 heteroatoms. The third kappa shape index (κ3) is 6.00. The molecule has 2 rings (SSSR count). The number of nitrogens with zero attached hydrogens (tertiary/aromatic N) is 1. The highest BCUT2D eigenvalue weighted by atomic mass is 19.3. The van der Waals surface area contributed by atoms with Crippen molar-refractivity contribution in [2.45, 2.75) is 45.8 Å². The smallest absolute Gasteiger partial charge is 0.394 e. The van der Waals surface area contributed by atoms with Gasteiger partial charge in [-0.3, -0.25) is 0 Å². The quantitative estimate of drug-likeness (QED) is 0.560. The number of hydrogen-bond acceptors (Lipinski definition) is 5. The van der Waals surface area contributed by atoms with Crippen molar-refractivity contribution in [1.82, 2.24) is 4.98 Å². The highest BCUT2D eigenvalue weighted by molar-refractivity contribution is 5.80. The molecule has 152 valence electrons. The number of hydrogen-bond donors (Lipinski definition) is 3. The Labute approximate surface area is 164 Å². The summed E-state index contributed by atoms with van der Waals surface area (Å²) in [6.45, 7) is 4.76. The van der Waals surface area contributed by atoms with Crippen LogP contribution >= 0.6 is 0 Å². The summed E-state index contributed by atoms with van der Waals surface area (Å²) in [4.78, 5) is 4.41. The fraction of sp³-hybridized carbons (Fsp3) is 0.381. The van der Waals surface area contributed by atoms with Crippen LogP contribution in [0.4, 0.5) is 20.3 Å². The second-order valence-electron chi connectivity index (χ2n) is 6.58. The number of alkyl halides is 2. The molecule has 0 aliphatic carbocycles. The van der Waals surface area contributed by atoms with E-state index in [0.29, 0.717) is 25.0 Å². The number of aromatic nitrogens is 1. The van der Waals surface area contributed by atoms with Crippen molar-refractivity contribution in [1.29, 1.82) is 0 Å². The van der Waals surface area contributed by atoms with E-state index >= 15 is 0 Å². The van der Waals surface area contributed by atoms with Crippen LogP contribution in [-0.4, -0.2) is 22.7 Å². The van der Waals surface area contributed by atoms with Crippen molar-refractivity contribution in [2.24, 2.45) is 5.73 Å². The molecule has 0 aliphatic heterocycles. The summed E-state index contributed by atoms with van der Waals surface area (Å²) in [7, 11) is 0. The van der Waals surface area contributed by atoms with E-state index < -0.39 is 12.2 Å². The zero-order chi connectivity index (χ0) is 20.7. The number of aliphatic hydroxyl groups is 1. The van der Waals surface area contributed by atoms with E-state index in [9.17, 15) is 13.9 Å². The number of ether oxygens (including phenoxy) is 1. The first kappa shape index (κ1) is 21.8. The zero-order valence-electron chi connectivity index (χ0n) is 16.4. The molecule has 0 saturated carbocycles. The van der Waals surface area contributed by atoms with Gasteiger partial charge in [-0.05, 0) is 54.8 Å². The van der Waals surface area contributed by atoms with Crippen molar-refractivity contribution in [3.63, 3.8) is 0 Å². The molecule has 0 spiro atoms. The molecule has 28 heavy (non-hydrogen) atoms. The number of unbranched alkanes of at least 4 members (excludes halogenated alkanes) is 1. The molecule has 4 N–H and O–H groups in total. The fourth-order valence-corrected chi connectivity index (χ4v) is 2.81. The molecule has 1 aromatic carbocycles. The Morgan fingerprint density at radius 2 is 2.00 bits per heavy atom. The number of halogens is 2. The van der Waals surface area contributed by atoms with Gasteiger partial charge in [0, 0.05) is 30.9 Å². The molecule has 0 aliphatic rings. The van der Waals surface area contributed by atoms with E-state index in [4.69, 9.17) is 5.73 Å². The maximum absolute atomic E-state index is 13.0.